The number of nitrogens with zero attached hydrogens (tertiary/aromatic N) is 1. The van der Waals surface area contributed by atoms with Gasteiger partial charge in [-0.25, -0.2) is 30.3 Å². The molecule has 0 spiro atoms. The molecule has 1 aliphatic rings. The maximum Gasteiger partial charge on any atom is 0.264 e. The molecule has 216 valence electrons. The molecule has 0 amide bonds. The number of rotatable bonds is 10. The first-order valence-electron chi connectivity index (χ1n) is 12.5. The summed E-state index contributed by atoms with van der Waals surface area (Å²) in [6.07, 6.45) is 2.17. The minimum atomic E-state index is -4.34. The molecule has 0 fully saturated rings. The lowest BCUT2D eigenvalue weighted by Crippen LogP contribution is -2.32. The van der Waals surface area contributed by atoms with Gasteiger partial charge in [-0.2, -0.15) is 0 Å². The monoisotopic (exact) mass is 631 g/mol. The number of sulfonamides is 2. The van der Waals surface area contributed by atoms with E-state index in [1.165, 1.54) is 0 Å². The van der Waals surface area contributed by atoms with Crippen molar-refractivity contribution in [2.24, 2.45) is 0 Å². The Morgan fingerprint density at radius 1 is 0.825 bits per heavy atom. The molecule has 13 heteroatoms. The smallest absolute Gasteiger partial charge is 0.264 e. The van der Waals surface area contributed by atoms with E-state index < -0.39 is 41.6 Å². The molecule has 3 aromatic carbocycles. The summed E-state index contributed by atoms with van der Waals surface area (Å²) in [6, 6.07) is 9.53. The summed E-state index contributed by atoms with van der Waals surface area (Å²) in [5.41, 5.74) is 3.54. The lowest BCUT2D eigenvalue weighted by Gasteiger charge is -2.29. The van der Waals surface area contributed by atoms with Gasteiger partial charge in [-0.05, 0) is 92.2 Å². The number of aryl methyl sites for hydroxylation is 2. The number of halogens is 4. The topological polar surface area (TPSA) is 95.6 Å². The van der Waals surface area contributed by atoms with Crippen molar-refractivity contribution in [2.75, 3.05) is 24.4 Å². The lowest BCUT2D eigenvalue weighted by molar-refractivity contribution is 0.249. The molecule has 40 heavy (non-hydrogen) atoms. The van der Waals surface area contributed by atoms with Crippen LogP contribution in [0, 0.1) is 25.5 Å². The summed E-state index contributed by atoms with van der Waals surface area (Å²) >= 11 is 11.7. The zero-order valence-corrected chi connectivity index (χ0v) is 25.0. The van der Waals surface area contributed by atoms with E-state index in [0.29, 0.717) is 41.7 Å². The van der Waals surface area contributed by atoms with Gasteiger partial charge in [0.2, 0.25) is 10.0 Å². The molecule has 0 saturated heterocycles. The zero-order valence-electron chi connectivity index (χ0n) is 21.9. The van der Waals surface area contributed by atoms with Crippen molar-refractivity contribution in [2.45, 2.75) is 49.4 Å². The number of hydrogen-bond acceptors (Lipinski definition) is 5. The number of fused-ring (bicyclic) bond motifs is 1. The van der Waals surface area contributed by atoms with Crippen molar-refractivity contribution >= 4 is 48.9 Å². The quantitative estimate of drug-likeness (QED) is 0.218. The average molecular weight is 633 g/mol. The van der Waals surface area contributed by atoms with Gasteiger partial charge in [0, 0.05) is 36.4 Å². The van der Waals surface area contributed by atoms with Crippen LogP contribution in [0.25, 0.3) is 0 Å². The van der Waals surface area contributed by atoms with Crippen molar-refractivity contribution in [1.82, 2.24) is 9.62 Å². The third-order valence-corrected chi connectivity index (χ3v) is 10.4. The van der Waals surface area contributed by atoms with E-state index >= 15 is 0 Å². The summed E-state index contributed by atoms with van der Waals surface area (Å²) in [4.78, 5) is 1.69. The van der Waals surface area contributed by atoms with E-state index in [1.807, 2.05) is 6.07 Å². The van der Waals surface area contributed by atoms with Crippen molar-refractivity contribution in [3.05, 3.63) is 86.4 Å². The second kappa shape index (κ2) is 12.3. The lowest BCUT2D eigenvalue weighted by atomic mass is 9.99. The highest BCUT2D eigenvalue weighted by Crippen LogP contribution is 2.28. The zero-order chi connectivity index (χ0) is 29.2. The fourth-order valence-electron chi connectivity index (χ4n) is 4.58. The molecule has 2 N–H and O–H groups in total. The van der Waals surface area contributed by atoms with Crippen LogP contribution in [0.2, 0.25) is 10.0 Å². The van der Waals surface area contributed by atoms with Gasteiger partial charge in [0.05, 0.1) is 9.92 Å². The average Bonchev–Trinajstić information content (AvgIpc) is 2.87. The summed E-state index contributed by atoms with van der Waals surface area (Å²) in [5.74, 6) is -2.28. The first-order valence-corrected chi connectivity index (χ1v) is 16.3. The van der Waals surface area contributed by atoms with Crippen LogP contribution in [-0.2, 0) is 33.0 Å². The van der Waals surface area contributed by atoms with E-state index in [9.17, 15) is 25.6 Å². The van der Waals surface area contributed by atoms with Gasteiger partial charge < -0.3 is 0 Å². The van der Waals surface area contributed by atoms with E-state index in [2.05, 4.69) is 14.3 Å². The second-order valence-corrected chi connectivity index (χ2v) is 14.0. The van der Waals surface area contributed by atoms with E-state index in [0.717, 1.165) is 43.1 Å². The fourth-order valence-corrected chi connectivity index (χ4v) is 7.54. The third-order valence-electron chi connectivity index (χ3n) is 6.75. The van der Waals surface area contributed by atoms with E-state index in [1.54, 1.807) is 38.1 Å². The number of anilines is 1. The molecule has 0 unspecified atom stereocenters. The maximum atomic E-state index is 14.2. The summed E-state index contributed by atoms with van der Waals surface area (Å²) < 4.78 is 83.6. The number of unbranched alkanes of at least 4 members (excludes halogenated alkanes) is 1. The number of hydrogen-bond donors (Lipinski definition) is 2. The molecule has 7 nitrogen and oxygen atoms in total. The van der Waals surface area contributed by atoms with E-state index in [4.69, 9.17) is 23.2 Å². The third kappa shape index (κ3) is 7.13. The molecular formula is C27H29Cl2F2N3O4S2. The van der Waals surface area contributed by atoms with Gasteiger partial charge in [-0.3, -0.25) is 9.62 Å². The van der Waals surface area contributed by atoms with Gasteiger partial charge in [-0.15, -0.1) is 0 Å². The van der Waals surface area contributed by atoms with Crippen LogP contribution in [-0.4, -0.2) is 41.4 Å². The Kier molecular flexibility index (Phi) is 9.43. The van der Waals surface area contributed by atoms with Crippen LogP contribution in [0.5, 0.6) is 0 Å². The maximum absolute atomic E-state index is 14.2. The van der Waals surface area contributed by atoms with Gasteiger partial charge in [0.15, 0.2) is 0 Å². The van der Waals surface area contributed by atoms with Gasteiger partial charge in [-0.1, -0.05) is 29.3 Å². The molecule has 1 aliphatic heterocycles. The molecule has 0 aliphatic carbocycles. The van der Waals surface area contributed by atoms with Gasteiger partial charge in [0.1, 0.15) is 16.5 Å². The Hall–Kier alpha value is -2.28. The van der Waals surface area contributed by atoms with Crippen molar-refractivity contribution in [3.8, 4) is 0 Å². The highest BCUT2D eigenvalue weighted by molar-refractivity contribution is 7.92. The SMILES string of the molecule is Cc1cc(S(=O)(=O)NCCCCN2CCc3ccc(NS(=O)(=O)c4cc(Cl)c(F)cc4F)cc3C2)c(C)cc1Cl. The summed E-state index contributed by atoms with van der Waals surface area (Å²) in [7, 11) is -7.99. The van der Waals surface area contributed by atoms with Crippen LogP contribution in [0.3, 0.4) is 0 Å². The van der Waals surface area contributed by atoms with Crippen molar-refractivity contribution in [3.63, 3.8) is 0 Å². The van der Waals surface area contributed by atoms with Crippen LogP contribution >= 0.6 is 23.2 Å². The van der Waals surface area contributed by atoms with Crippen LogP contribution in [0.15, 0.2) is 52.3 Å². The molecule has 0 saturated carbocycles. The molecular weight excluding hydrogens is 603 g/mol. The molecule has 0 bridgehead atoms. The summed E-state index contributed by atoms with van der Waals surface area (Å²) in [6.45, 7) is 5.89. The van der Waals surface area contributed by atoms with Gasteiger partial charge in [0.25, 0.3) is 10.0 Å². The highest BCUT2D eigenvalue weighted by atomic mass is 35.5. The predicted molar refractivity (Wildman–Crippen MR) is 153 cm³/mol. The van der Waals surface area contributed by atoms with Crippen molar-refractivity contribution in [1.29, 1.82) is 0 Å². The minimum absolute atomic E-state index is 0.221. The molecule has 0 radical (unpaired) electrons. The predicted octanol–water partition coefficient (Wildman–Crippen LogP) is 5.81. The number of nitrogens with one attached hydrogen (secondary N) is 2. The Balaban J connectivity index is 1.32. The first kappa shape index (κ1) is 30.7. The molecule has 3 aromatic rings. The molecule has 0 atom stereocenters. The minimum Gasteiger partial charge on any atom is -0.299 e. The Labute approximate surface area is 243 Å². The van der Waals surface area contributed by atoms with E-state index in [-0.39, 0.29) is 10.6 Å². The number of benzene rings is 3. The van der Waals surface area contributed by atoms with Crippen LogP contribution in [0.4, 0.5) is 14.5 Å². The Morgan fingerprint density at radius 3 is 2.33 bits per heavy atom. The van der Waals surface area contributed by atoms with Gasteiger partial charge >= 0.3 is 0 Å². The van der Waals surface area contributed by atoms with Crippen LogP contribution < -0.4 is 9.44 Å². The summed E-state index contributed by atoms with van der Waals surface area (Å²) in [5, 5.41) is 0.0293. The van der Waals surface area contributed by atoms with Crippen LogP contribution in [0.1, 0.15) is 35.1 Å². The second-order valence-electron chi connectivity index (χ2n) is 9.78. The highest BCUT2D eigenvalue weighted by Gasteiger charge is 2.23. The Morgan fingerprint density at radius 2 is 1.57 bits per heavy atom. The first-order chi connectivity index (χ1) is 18.8. The standard InChI is InChI=1S/C27H29Cl2F2N3O4S2/c1-17-12-26(18(2)11-22(17)28)39(35,36)32-8-3-4-9-34-10-7-19-5-6-21(13-20(19)16-34)33-40(37,38)27-14-23(29)24(30)15-25(27)31/h5-6,11-15,32-33H,3-4,7-10,16H2,1-2H3. The largest absolute Gasteiger partial charge is 0.299 e. The van der Waals surface area contributed by atoms with Crippen molar-refractivity contribution < 1.29 is 25.6 Å². The molecule has 0 aromatic heterocycles. The fraction of sp³-hybridized carbons (Fsp3) is 0.333. The Bertz CT molecular complexity index is 1650. The molecule has 1 heterocycles. The normalized spacial score (nSPS) is 14.2. The molecule has 4 rings (SSSR count).